The van der Waals surface area contributed by atoms with E-state index in [-0.39, 0.29) is 24.1 Å². The Morgan fingerprint density at radius 3 is 2.88 bits per heavy atom. The lowest BCUT2D eigenvalue weighted by molar-refractivity contribution is 0.0740. The summed E-state index contributed by atoms with van der Waals surface area (Å²) in [5, 5.41) is 8.52. The van der Waals surface area contributed by atoms with Crippen LogP contribution in [-0.4, -0.2) is 28.9 Å². The Kier molecular flexibility index (Phi) is 3.95. The van der Waals surface area contributed by atoms with Gasteiger partial charge in [-0.25, -0.2) is 9.37 Å². The summed E-state index contributed by atoms with van der Waals surface area (Å²) in [7, 11) is 1.59. The molecule has 0 aliphatic carbocycles. The van der Waals surface area contributed by atoms with Crippen molar-refractivity contribution in [2.24, 2.45) is 0 Å². The van der Waals surface area contributed by atoms with E-state index in [0.717, 1.165) is 6.20 Å². The highest BCUT2D eigenvalue weighted by Gasteiger charge is 2.18. The second-order valence-electron chi connectivity index (χ2n) is 3.49. The van der Waals surface area contributed by atoms with E-state index in [0.29, 0.717) is 0 Å². The number of hydrogen-bond donors (Lipinski definition) is 0. The van der Waals surface area contributed by atoms with Crippen molar-refractivity contribution >= 4 is 5.91 Å². The molecule has 5 heteroatoms. The number of carbonyl (C=O) groups is 1. The number of aromatic nitrogens is 1. The third-order valence-electron chi connectivity index (χ3n) is 2.31. The molecule has 4 nitrogen and oxygen atoms in total. The molecule has 16 heavy (non-hydrogen) atoms. The van der Waals surface area contributed by atoms with Crippen LogP contribution in [0.4, 0.5) is 4.39 Å². The van der Waals surface area contributed by atoms with Crippen molar-refractivity contribution < 1.29 is 9.18 Å². The Bertz CT molecular complexity index is 410. The molecular formula is C11H12FN3O. The van der Waals surface area contributed by atoms with Gasteiger partial charge in [-0.15, -0.1) is 0 Å². The van der Waals surface area contributed by atoms with Gasteiger partial charge in [-0.05, 0) is 19.1 Å². The van der Waals surface area contributed by atoms with Gasteiger partial charge in [0.2, 0.25) is 0 Å². The number of carbonyl (C=O) groups excluding carboxylic acids is 1. The summed E-state index contributed by atoms with van der Waals surface area (Å²) in [6, 6.07) is 4.31. The first-order valence-corrected chi connectivity index (χ1v) is 4.82. The van der Waals surface area contributed by atoms with Crippen molar-refractivity contribution in [2.45, 2.75) is 19.4 Å². The van der Waals surface area contributed by atoms with Gasteiger partial charge < -0.3 is 4.90 Å². The summed E-state index contributed by atoms with van der Waals surface area (Å²) in [4.78, 5) is 16.9. The van der Waals surface area contributed by atoms with E-state index < -0.39 is 5.82 Å². The van der Waals surface area contributed by atoms with Crippen molar-refractivity contribution in [3.63, 3.8) is 0 Å². The normalized spacial score (nSPS) is 11.6. The molecule has 0 N–H and O–H groups in total. The van der Waals surface area contributed by atoms with Gasteiger partial charge >= 0.3 is 0 Å². The molecule has 1 unspecified atom stereocenters. The predicted octanol–water partition coefficient (Wildman–Crippen LogP) is 1.59. The molecule has 1 atom stereocenters. The van der Waals surface area contributed by atoms with Crippen LogP contribution in [0.3, 0.4) is 0 Å². The molecule has 0 aliphatic rings. The van der Waals surface area contributed by atoms with Crippen LogP contribution in [0.5, 0.6) is 0 Å². The zero-order valence-corrected chi connectivity index (χ0v) is 9.14. The molecule has 0 saturated carbocycles. The van der Waals surface area contributed by atoms with Crippen LogP contribution in [-0.2, 0) is 0 Å². The van der Waals surface area contributed by atoms with Gasteiger partial charge in [0.25, 0.3) is 5.91 Å². The summed E-state index contributed by atoms with van der Waals surface area (Å²) in [5.41, 5.74) is 0.175. The summed E-state index contributed by atoms with van der Waals surface area (Å²) >= 11 is 0. The lowest BCUT2D eigenvalue weighted by atomic mass is 10.2. The first-order chi connectivity index (χ1) is 7.56. The van der Waals surface area contributed by atoms with E-state index in [1.54, 1.807) is 14.0 Å². The molecule has 1 heterocycles. The fourth-order valence-electron chi connectivity index (χ4n) is 1.15. The fraction of sp³-hybridized carbons (Fsp3) is 0.364. The summed E-state index contributed by atoms with van der Waals surface area (Å²) < 4.78 is 12.6. The van der Waals surface area contributed by atoms with Crippen LogP contribution in [0.2, 0.25) is 0 Å². The van der Waals surface area contributed by atoms with Gasteiger partial charge in [0.15, 0.2) is 0 Å². The number of nitriles is 1. The van der Waals surface area contributed by atoms with Gasteiger partial charge in [0, 0.05) is 13.1 Å². The lowest BCUT2D eigenvalue weighted by Gasteiger charge is -2.22. The number of halogens is 1. The van der Waals surface area contributed by atoms with E-state index in [4.69, 9.17) is 5.26 Å². The molecule has 84 valence electrons. The number of hydrogen-bond acceptors (Lipinski definition) is 3. The van der Waals surface area contributed by atoms with Gasteiger partial charge in [-0.1, -0.05) is 0 Å². The maximum Gasteiger partial charge on any atom is 0.272 e. The molecule has 0 aromatic carbocycles. The van der Waals surface area contributed by atoms with Crippen LogP contribution in [0, 0.1) is 17.1 Å². The van der Waals surface area contributed by atoms with E-state index in [1.165, 1.54) is 17.0 Å². The van der Waals surface area contributed by atoms with Crippen molar-refractivity contribution in [1.82, 2.24) is 9.88 Å². The minimum Gasteiger partial charge on any atom is -0.337 e. The zero-order chi connectivity index (χ0) is 12.1. The second-order valence-corrected chi connectivity index (χ2v) is 3.49. The van der Waals surface area contributed by atoms with Crippen LogP contribution in [0.1, 0.15) is 23.8 Å². The lowest BCUT2D eigenvalue weighted by Crippen LogP contribution is -2.35. The molecule has 0 spiro atoms. The molecule has 0 bridgehead atoms. The van der Waals surface area contributed by atoms with E-state index in [2.05, 4.69) is 4.98 Å². The van der Waals surface area contributed by atoms with Gasteiger partial charge in [0.05, 0.1) is 18.7 Å². The van der Waals surface area contributed by atoms with Crippen molar-refractivity contribution in [1.29, 1.82) is 5.26 Å². The first kappa shape index (κ1) is 12.1. The maximum atomic E-state index is 12.6. The molecule has 0 saturated heterocycles. The third kappa shape index (κ3) is 2.76. The SMILES string of the molecule is CC(CC#N)N(C)C(=O)c1ccc(F)cn1. The number of pyridine rings is 1. The monoisotopic (exact) mass is 221 g/mol. The third-order valence-corrected chi connectivity index (χ3v) is 2.31. The average molecular weight is 221 g/mol. The molecule has 1 rings (SSSR count). The minimum atomic E-state index is -0.482. The van der Waals surface area contributed by atoms with Gasteiger partial charge in [0.1, 0.15) is 11.5 Å². The quantitative estimate of drug-likeness (QED) is 0.778. The predicted molar refractivity (Wildman–Crippen MR) is 56.0 cm³/mol. The molecular weight excluding hydrogens is 209 g/mol. The summed E-state index contributed by atoms with van der Waals surface area (Å²) in [6.07, 6.45) is 1.25. The van der Waals surface area contributed by atoms with Crippen molar-refractivity contribution in [3.8, 4) is 6.07 Å². The average Bonchev–Trinajstić information content (AvgIpc) is 2.28. The molecule has 1 amide bonds. The summed E-state index contributed by atoms with van der Waals surface area (Å²) in [5.74, 6) is -0.799. The van der Waals surface area contributed by atoms with Crippen LogP contribution >= 0.6 is 0 Å². The van der Waals surface area contributed by atoms with Crippen molar-refractivity contribution in [3.05, 3.63) is 29.8 Å². The largest absolute Gasteiger partial charge is 0.337 e. The van der Waals surface area contributed by atoms with Crippen LogP contribution in [0.15, 0.2) is 18.3 Å². The van der Waals surface area contributed by atoms with Crippen LogP contribution in [0.25, 0.3) is 0 Å². The highest BCUT2D eigenvalue weighted by atomic mass is 19.1. The molecule has 0 fully saturated rings. The molecule has 0 radical (unpaired) electrons. The number of rotatable bonds is 3. The molecule has 1 aromatic heterocycles. The minimum absolute atomic E-state index is 0.175. The smallest absolute Gasteiger partial charge is 0.272 e. The van der Waals surface area contributed by atoms with E-state index in [1.807, 2.05) is 6.07 Å². The second kappa shape index (κ2) is 5.21. The highest BCUT2D eigenvalue weighted by molar-refractivity contribution is 5.92. The highest BCUT2D eigenvalue weighted by Crippen LogP contribution is 2.07. The van der Waals surface area contributed by atoms with Gasteiger partial charge in [-0.2, -0.15) is 5.26 Å². The van der Waals surface area contributed by atoms with Gasteiger partial charge in [-0.3, -0.25) is 4.79 Å². The topological polar surface area (TPSA) is 57.0 Å². The van der Waals surface area contributed by atoms with Crippen LogP contribution < -0.4 is 0 Å². The number of amides is 1. The zero-order valence-electron chi connectivity index (χ0n) is 9.14. The first-order valence-electron chi connectivity index (χ1n) is 4.82. The molecule has 1 aromatic rings. The fourth-order valence-corrected chi connectivity index (χ4v) is 1.15. The molecule has 0 aliphatic heterocycles. The Morgan fingerprint density at radius 2 is 2.38 bits per heavy atom. The number of nitrogens with zero attached hydrogens (tertiary/aromatic N) is 3. The Hall–Kier alpha value is -1.96. The van der Waals surface area contributed by atoms with E-state index >= 15 is 0 Å². The standard InChI is InChI=1S/C11H12FN3O/c1-8(5-6-13)15(2)11(16)10-4-3-9(12)7-14-10/h3-4,7-8H,5H2,1-2H3. The maximum absolute atomic E-state index is 12.6. The van der Waals surface area contributed by atoms with Crippen molar-refractivity contribution in [2.75, 3.05) is 7.05 Å². The Morgan fingerprint density at radius 1 is 1.69 bits per heavy atom. The summed E-state index contributed by atoms with van der Waals surface area (Å²) in [6.45, 7) is 1.77. The Labute approximate surface area is 93.3 Å². The Balaban J connectivity index is 2.78. The van der Waals surface area contributed by atoms with E-state index in [9.17, 15) is 9.18 Å².